The van der Waals surface area contributed by atoms with Crippen molar-refractivity contribution < 1.29 is 0 Å². The molecule has 0 aromatic rings. The topological polar surface area (TPSA) is 18.5 Å². The maximum atomic E-state index is 3.57. The van der Waals surface area contributed by atoms with Crippen molar-refractivity contribution in [2.24, 2.45) is 0 Å². The highest BCUT2D eigenvalue weighted by Gasteiger charge is 2.16. The van der Waals surface area contributed by atoms with Gasteiger partial charge < -0.3 is 15.1 Å². The van der Waals surface area contributed by atoms with Crippen molar-refractivity contribution in [2.75, 3.05) is 39.8 Å². The van der Waals surface area contributed by atoms with Crippen LogP contribution in [0.5, 0.6) is 0 Å². The van der Waals surface area contributed by atoms with Crippen LogP contribution in [0, 0.1) is 0 Å². The Labute approximate surface area is 108 Å². The summed E-state index contributed by atoms with van der Waals surface area (Å²) >= 11 is 0. The quantitative estimate of drug-likeness (QED) is 0.686. The summed E-state index contributed by atoms with van der Waals surface area (Å²) in [7, 11) is 2.22. The zero-order valence-electron chi connectivity index (χ0n) is 12.2. The van der Waals surface area contributed by atoms with Crippen LogP contribution in [0.2, 0.25) is 0 Å². The summed E-state index contributed by atoms with van der Waals surface area (Å²) in [6.07, 6.45) is 3.93. The minimum Gasteiger partial charge on any atom is -0.311 e. The van der Waals surface area contributed by atoms with Gasteiger partial charge in [0.1, 0.15) is 0 Å². The molecule has 0 amide bonds. The van der Waals surface area contributed by atoms with Crippen LogP contribution in [-0.4, -0.2) is 61.7 Å². The third-order valence-electron chi connectivity index (χ3n) is 3.95. The molecule has 0 saturated carbocycles. The summed E-state index contributed by atoms with van der Waals surface area (Å²) in [6, 6.07) is 1.40. The predicted molar refractivity (Wildman–Crippen MR) is 75.5 cm³/mol. The third-order valence-corrected chi connectivity index (χ3v) is 3.95. The Bertz CT molecular complexity index is 194. The standard InChI is InChI=1S/C14H31N3/c1-5-14-12-17(11-8-15-14)10-7-6-9-16(4)13(2)3/h13-15H,5-12H2,1-4H3. The summed E-state index contributed by atoms with van der Waals surface area (Å²) in [5.74, 6) is 0. The molecule has 1 atom stereocenters. The second kappa shape index (κ2) is 8.06. The molecule has 0 bridgehead atoms. The summed E-state index contributed by atoms with van der Waals surface area (Å²) in [5, 5.41) is 3.57. The predicted octanol–water partition coefficient (Wildman–Crippen LogP) is 1.79. The lowest BCUT2D eigenvalue weighted by atomic mass is 10.1. The summed E-state index contributed by atoms with van der Waals surface area (Å²) < 4.78 is 0. The molecule has 102 valence electrons. The van der Waals surface area contributed by atoms with Gasteiger partial charge in [-0.3, -0.25) is 0 Å². The first-order chi connectivity index (χ1) is 8.13. The molecule has 1 fully saturated rings. The van der Waals surface area contributed by atoms with Crippen LogP contribution in [0.15, 0.2) is 0 Å². The van der Waals surface area contributed by atoms with Crippen LogP contribution in [0.3, 0.4) is 0 Å². The molecule has 1 aliphatic rings. The number of nitrogens with one attached hydrogen (secondary N) is 1. The molecule has 0 aromatic carbocycles. The van der Waals surface area contributed by atoms with Gasteiger partial charge in [0.2, 0.25) is 0 Å². The Morgan fingerprint density at radius 1 is 1.35 bits per heavy atom. The molecular weight excluding hydrogens is 210 g/mol. The third kappa shape index (κ3) is 5.84. The van der Waals surface area contributed by atoms with E-state index in [1.54, 1.807) is 0 Å². The second-order valence-corrected chi connectivity index (χ2v) is 5.64. The fraction of sp³-hybridized carbons (Fsp3) is 1.00. The van der Waals surface area contributed by atoms with Gasteiger partial charge in [-0.25, -0.2) is 0 Å². The van der Waals surface area contributed by atoms with Gasteiger partial charge in [0.25, 0.3) is 0 Å². The molecule has 0 aliphatic carbocycles. The van der Waals surface area contributed by atoms with E-state index in [1.165, 1.54) is 52.0 Å². The molecule has 17 heavy (non-hydrogen) atoms. The fourth-order valence-corrected chi connectivity index (χ4v) is 2.33. The molecule has 0 spiro atoms. The average molecular weight is 241 g/mol. The van der Waals surface area contributed by atoms with Gasteiger partial charge in [0.05, 0.1) is 0 Å². The van der Waals surface area contributed by atoms with E-state index in [0.717, 1.165) is 6.04 Å². The van der Waals surface area contributed by atoms with Crippen LogP contribution >= 0.6 is 0 Å². The van der Waals surface area contributed by atoms with Crippen molar-refractivity contribution in [2.45, 2.75) is 52.1 Å². The zero-order valence-corrected chi connectivity index (χ0v) is 12.2. The van der Waals surface area contributed by atoms with Gasteiger partial charge in [-0.05, 0) is 53.2 Å². The molecular formula is C14H31N3. The summed E-state index contributed by atoms with van der Waals surface area (Å²) in [4.78, 5) is 5.06. The number of unbranched alkanes of at least 4 members (excludes halogenated alkanes) is 1. The molecule has 0 radical (unpaired) electrons. The lowest BCUT2D eigenvalue weighted by Gasteiger charge is -2.33. The van der Waals surface area contributed by atoms with Gasteiger partial charge in [-0.1, -0.05) is 6.92 Å². The van der Waals surface area contributed by atoms with Crippen molar-refractivity contribution in [3.8, 4) is 0 Å². The van der Waals surface area contributed by atoms with E-state index in [2.05, 4.69) is 42.9 Å². The molecule has 1 aliphatic heterocycles. The Kier molecular flexibility index (Phi) is 7.09. The van der Waals surface area contributed by atoms with E-state index in [0.29, 0.717) is 6.04 Å². The van der Waals surface area contributed by atoms with Crippen LogP contribution < -0.4 is 5.32 Å². The van der Waals surface area contributed by atoms with Crippen molar-refractivity contribution in [1.82, 2.24) is 15.1 Å². The van der Waals surface area contributed by atoms with E-state index < -0.39 is 0 Å². The molecule has 1 unspecified atom stereocenters. The lowest BCUT2D eigenvalue weighted by Crippen LogP contribution is -2.50. The number of nitrogens with zero attached hydrogens (tertiary/aromatic N) is 2. The first kappa shape index (κ1) is 14.9. The minimum atomic E-state index is 0.679. The van der Waals surface area contributed by atoms with Crippen molar-refractivity contribution in [3.05, 3.63) is 0 Å². The highest BCUT2D eigenvalue weighted by atomic mass is 15.2. The Morgan fingerprint density at radius 3 is 2.76 bits per heavy atom. The molecule has 3 nitrogen and oxygen atoms in total. The van der Waals surface area contributed by atoms with Gasteiger partial charge in [-0.2, -0.15) is 0 Å². The van der Waals surface area contributed by atoms with E-state index in [9.17, 15) is 0 Å². The summed E-state index contributed by atoms with van der Waals surface area (Å²) in [5.41, 5.74) is 0. The molecule has 1 saturated heterocycles. The van der Waals surface area contributed by atoms with Crippen LogP contribution in [0.25, 0.3) is 0 Å². The van der Waals surface area contributed by atoms with E-state index in [4.69, 9.17) is 0 Å². The van der Waals surface area contributed by atoms with Crippen molar-refractivity contribution in [3.63, 3.8) is 0 Å². The smallest absolute Gasteiger partial charge is 0.0192 e. The maximum absolute atomic E-state index is 3.57. The zero-order chi connectivity index (χ0) is 12.7. The number of rotatable bonds is 7. The average Bonchev–Trinajstić information content (AvgIpc) is 2.34. The monoisotopic (exact) mass is 241 g/mol. The SMILES string of the molecule is CCC1CN(CCCCN(C)C(C)C)CCN1. The minimum absolute atomic E-state index is 0.679. The molecule has 1 N–H and O–H groups in total. The van der Waals surface area contributed by atoms with Gasteiger partial charge in [0, 0.05) is 31.7 Å². The van der Waals surface area contributed by atoms with Gasteiger partial charge in [0.15, 0.2) is 0 Å². The van der Waals surface area contributed by atoms with Crippen LogP contribution in [0.1, 0.15) is 40.0 Å². The first-order valence-corrected chi connectivity index (χ1v) is 7.29. The van der Waals surface area contributed by atoms with Gasteiger partial charge >= 0.3 is 0 Å². The van der Waals surface area contributed by atoms with E-state index in [-0.39, 0.29) is 0 Å². The Hall–Kier alpha value is -0.120. The van der Waals surface area contributed by atoms with E-state index in [1.807, 2.05) is 0 Å². The molecule has 0 aromatic heterocycles. The highest BCUT2D eigenvalue weighted by molar-refractivity contribution is 4.77. The highest BCUT2D eigenvalue weighted by Crippen LogP contribution is 2.05. The second-order valence-electron chi connectivity index (χ2n) is 5.64. The van der Waals surface area contributed by atoms with Crippen LogP contribution in [0.4, 0.5) is 0 Å². The molecule has 1 heterocycles. The lowest BCUT2D eigenvalue weighted by molar-refractivity contribution is 0.188. The molecule has 1 rings (SSSR count). The number of piperazine rings is 1. The normalized spacial score (nSPS) is 22.6. The number of hydrogen-bond acceptors (Lipinski definition) is 3. The van der Waals surface area contributed by atoms with Crippen LogP contribution in [-0.2, 0) is 0 Å². The largest absolute Gasteiger partial charge is 0.311 e. The Balaban J connectivity index is 2.06. The maximum Gasteiger partial charge on any atom is 0.0192 e. The van der Waals surface area contributed by atoms with Crippen molar-refractivity contribution in [1.29, 1.82) is 0 Å². The number of hydrogen-bond donors (Lipinski definition) is 1. The Morgan fingerprint density at radius 2 is 2.12 bits per heavy atom. The van der Waals surface area contributed by atoms with Gasteiger partial charge in [-0.15, -0.1) is 0 Å². The summed E-state index contributed by atoms with van der Waals surface area (Å²) in [6.45, 7) is 13.0. The fourth-order valence-electron chi connectivity index (χ4n) is 2.33. The molecule has 3 heteroatoms. The van der Waals surface area contributed by atoms with E-state index >= 15 is 0 Å². The first-order valence-electron chi connectivity index (χ1n) is 7.29. The van der Waals surface area contributed by atoms with Crippen molar-refractivity contribution >= 4 is 0 Å².